The molecule has 26 heavy (non-hydrogen) atoms. The van der Waals surface area contributed by atoms with E-state index in [-0.39, 0.29) is 11.5 Å². The van der Waals surface area contributed by atoms with Gasteiger partial charge in [0.1, 0.15) is 4.83 Å². The van der Waals surface area contributed by atoms with Crippen LogP contribution >= 0.6 is 11.3 Å². The number of nitrogens with zero attached hydrogens (tertiary/aromatic N) is 4. The Bertz CT molecular complexity index is 1110. The molecule has 1 aromatic carbocycles. The number of hydrogen-bond acceptors (Lipinski definition) is 5. The Morgan fingerprint density at radius 2 is 2.15 bits per heavy atom. The lowest BCUT2D eigenvalue weighted by molar-refractivity contribution is 0.0952. The predicted molar refractivity (Wildman–Crippen MR) is 99.8 cm³/mol. The van der Waals surface area contributed by atoms with Crippen molar-refractivity contribution in [2.24, 2.45) is 0 Å². The lowest BCUT2D eigenvalue weighted by Crippen LogP contribution is -2.30. The molecule has 1 amide bonds. The molecule has 130 valence electrons. The van der Waals surface area contributed by atoms with Gasteiger partial charge < -0.3 is 5.32 Å². The van der Waals surface area contributed by atoms with Crippen LogP contribution in [-0.2, 0) is 6.54 Å². The van der Waals surface area contributed by atoms with Crippen LogP contribution in [0.2, 0.25) is 0 Å². The third-order valence-corrected chi connectivity index (χ3v) is 4.79. The maximum atomic E-state index is 12.4. The molecule has 0 saturated heterocycles. The van der Waals surface area contributed by atoms with Crippen LogP contribution in [-0.4, -0.2) is 31.8 Å². The van der Waals surface area contributed by atoms with Gasteiger partial charge in [-0.15, -0.1) is 11.3 Å². The topological polar surface area (TPSA) is 81.8 Å². The first-order chi connectivity index (χ1) is 12.7. The van der Waals surface area contributed by atoms with Crippen molar-refractivity contribution in [2.75, 3.05) is 6.54 Å². The number of amides is 1. The number of aromatic nitrogens is 4. The van der Waals surface area contributed by atoms with Gasteiger partial charge in [0, 0.05) is 31.0 Å². The Morgan fingerprint density at radius 3 is 3.00 bits per heavy atom. The molecule has 4 rings (SSSR count). The highest BCUT2D eigenvalue weighted by Crippen LogP contribution is 2.13. The van der Waals surface area contributed by atoms with Gasteiger partial charge in [-0.1, -0.05) is 6.07 Å². The van der Waals surface area contributed by atoms with Crippen LogP contribution in [0.3, 0.4) is 0 Å². The van der Waals surface area contributed by atoms with E-state index in [1.54, 1.807) is 29.1 Å². The Kier molecular flexibility index (Phi) is 4.32. The largest absolute Gasteiger partial charge is 0.350 e. The van der Waals surface area contributed by atoms with Crippen LogP contribution in [0.15, 0.2) is 65.3 Å². The van der Waals surface area contributed by atoms with Crippen LogP contribution in [0.4, 0.5) is 0 Å². The molecule has 8 heteroatoms. The van der Waals surface area contributed by atoms with Crippen LogP contribution in [0.5, 0.6) is 0 Å². The molecule has 1 N–H and O–H groups in total. The number of hydrogen-bond donors (Lipinski definition) is 1. The minimum atomic E-state index is -0.198. The molecule has 3 aromatic heterocycles. The fourth-order valence-corrected chi connectivity index (χ4v) is 3.38. The summed E-state index contributed by atoms with van der Waals surface area (Å²) in [5.41, 5.74) is 1.26. The SMILES string of the molecule is O=C(NCCn1cnc2sccc2c1=O)c1cccc(-n2cccn2)c1. The van der Waals surface area contributed by atoms with Crippen molar-refractivity contribution in [3.63, 3.8) is 0 Å². The number of carbonyl (C=O) groups is 1. The quantitative estimate of drug-likeness (QED) is 0.587. The van der Waals surface area contributed by atoms with Crippen molar-refractivity contribution in [3.8, 4) is 5.69 Å². The first kappa shape index (κ1) is 16.2. The summed E-state index contributed by atoms with van der Waals surface area (Å²) in [7, 11) is 0. The molecule has 0 spiro atoms. The van der Waals surface area contributed by atoms with Crippen molar-refractivity contribution in [1.29, 1.82) is 0 Å². The lowest BCUT2D eigenvalue weighted by atomic mass is 10.2. The van der Waals surface area contributed by atoms with Crippen molar-refractivity contribution >= 4 is 27.5 Å². The Morgan fingerprint density at radius 1 is 1.23 bits per heavy atom. The highest BCUT2D eigenvalue weighted by Gasteiger charge is 2.08. The molecule has 0 radical (unpaired) electrons. The average Bonchev–Trinajstić information content (AvgIpc) is 3.35. The van der Waals surface area contributed by atoms with E-state index in [1.165, 1.54) is 22.2 Å². The Labute approximate surface area is 152 Å². The van der Waals surface area contributed by atoms with Gasteiger partial charge in [-0.25, -0.2) is 9.67 Å². The van der Waals surface area contributed by atoms with E-state index in [0.29, 0.717) is 24.0 Å². The first-order valence-electron chi connectivity index (χ1n) is 8.03. The monoisotopic (exact) mass is 365 g/mol. The highest BCUT2D eigenvalue weighted by atomic mass is 32.1. The molecule has 0 bridgehead atoms. The van der Waals surface area contributed by atoms with E-state index >= 15 is 0 Å². The summed E-state index contributed by atoms with van der Waals surface area (Å²) in [5.74, 6) is -0.198. The minimum Gasteiger partial charge on any atom is -0.350 e. The smallest absolute Gasteiger partial charge is 0.262 e. The van der Waals surface area contributed by atoms with Crippen molar-refractivity contribution < 1.29 is 4.79 Å². The third-order valence-electron chi connectivity index (χ3n) is 3.97. The summed E-state index contributed by atoms with van der Waals surface area (Å²) in [4.78, 5) is 29.7. The minimum absolute atomic E-state index is 0.0915. The average molecular weight is 365 g/mol. The van der Waals surface area contributed by atoms with Crippen LogP contribution < -0.4 is 10.9 Å². The van der Waals surface area contributed by atoms with E-state index in [0.717, 1.165) is 10.5 Å². The molecule has 0 fully saturated rings. The molecule has 0 aliphatic carbocycles. The third kappa shape index (κ3) is 3.14. The number of nitrogens with one attached hydrogen (secondary N) is 1. The van der Waals surface area contributed by atoms with Crippen LogP contribution in [0.1, 0.15) is 10.4 Å². The van der Waals surface area contributed by atoms with Crippen molar-refractivity contribution in [3.05, 3.63) is 76.4 Å². The number of benzene rings is 1. The summed E-state index contributed by atoms with van der Waals surface area (Å²) in [6.07, 6.45) is 5.02. The van der Waals surface area contributed by atoms with E-state index in [9.17, 15) is 9.59 Å². The normalized spacial score (nSPS) is 10.9. The number of thiophene rings is 1. The molecule has 0 saturated carbocycles. The zero-order chi connectivity index (χ0) is 17.9. The van der Waals surface area contributed by atoms with Gasteiger partial charge in [-0.3, -0.25) is 14.2 Å². The van der Waals surface area contributed by atoms with E-state index < -0.39 is 0 Å². The number of fused-ring (bicyclic) bond motifs is 1. The molecule has 0 unspecified atom stereocenters. The molecular formula is C18H15N5O2S. The van der Waals surface area contributed by atoms with E-state index in [2.05, 4.69) is 15.4 Å². The second kappa shape index (κ2) is 6.93. The van der Waals surface area contributed by atoms with Gasteiger partial charge in [-0.2, -0.15) is 5.10 Å². The molecule has 4 aromatic rings. The summed E-state index contributed by atoms with van der Waals surface area (Å²) in [5, 5.41) is 9.45. The van der Waals surface area contributed by atoms with E-state index in [4.69, 9.17) is 0 Å². The predicted octanol–water partition coefficient (Wildman–Crippen LogP) is 2.07. The molecule has 3 heterocycles. The Balaban J connectivity index is 1.43. The number of rotatable bonds is 5. The maximum Gasteiger partial charge on any atom is 0.262 e. The summed E-state index contributed by atoms with van der Waals surface area (Å²) in [6, 6.07) is 10.8. The Hall–Kier alpha value is -3.26. The van der Waals surface area contributed by atoms with Crippen molar-refractivity contribution in [2.45, 2.75) is 6.54 Å². The molecule has 7 nitrogen and oxygen atoms in total. The van der Waals surface area contributed by atoms with E-state index in [1.807, 2.05) is 29.8 Å². The summed E-state index contributed by atoms with van der Waals surface area (Å²) < 4.78 is 3.20. The summed E-state index contributed by atoms with van der Waals surface area (Å²) in [6.45, 7) is 0.699. The second-order valence-electron chi connectivity index (χ2n) is 5.64. The standard InChI is InChI=1S/C18H15N5O2S/c24-16(13-3-1-4-14(11-13)23-8-2-6-21-23)19-7-9-22-12-20-17-15(18(22)25)5-10-26-17/h1-6,8,10-12H,7,9H2,(H,19,24). The lowest BCUT2D eigenvalue weighted by Gasteiger charge is -2.08. The van der Waals surface area contributed by atoms with Gasteiger partial charge in [0.25, 0.3) is 11.5 Å². The van der Waals surface area contributed by atoms with Crippen LogP contribution in [0, 0.1) is 0 Å². The molecule has 0 aliphatic heterocycles. The van der Waals surface area contributed by atoms with Gasteiger partial charge >= 0.3 is 0 Å². The fraction of sp³-hybridized carbons (Fsp3) is 0.111. The zero-order valence-electron chi connectivity index (χ0n) is 13.7. The summed E-state index contributed by atoms with van der Waals surface area (Å²) >= 11 is 1.44. The highest BCUT2D eigenvalue weighted by molar-refractivity contribution is 7.16. The van der Waals surface area contributed by atoms with Crippen molar-refractivity contribution in [1.82, 2.24) is 24.6 Å². The van der Waals surface area contributed by atoms with Gasteiger partial charge in [0.15, 0.2) is 0 Å². The second-order valence-corrected chi connectivity index (χ2v) is 6.53. The molecule has 0 aliphatic rings. The zero-order valence-corrected chi connectivity index (χ0v) is 14.5. The van der Waals surface area contributed by atoms with Gasteiger partial charge in [0.2, 0.25) is 0 Å². The van der Waals surface area contributed by atoms with Crippen LogP contribution in [0.25, 0.3) is 15.9 Å². The maximum absolute atomic E-state index is 12.4. The molecule has 0 atom stereocenters. The fourth-order valence-electron chi connectivity index (χ4n) is 2.66. The van der Waals surface area contributed by atoms with Gasteiger partial charge in [-0.05, 0) is 35.7 Å². The number of carbonyl (C=O) groups excluding carboxylic acids is 1. The van der Waals surface area contributed by atoms with Gasteiger partial charge in [0.05, 0.1) is 17.4 Å². The first-order valence-corrected chi connectivity index (χ1v) is 8.91. The molecular weight excluding hydrogens is 350 g/mol.